The van der Waals surface area contributed by atoms with Gasteiger partial charge in [0.15, 0.2) is 9.84 Å². The summed E-state index contributed by atoms with van der Waals surface area (Å²) in [6.07, 6.45) is -3.16. The average molecular weight is 637 g/mol. The van der Waals surface area contributed by atoms with E-state index in [4.69, 9.17) is 10.5 Å². The van der Waals surface area contributed by atoms with Crippen LogP contribution in [0.2, 0.25) is 0 Å². The Morgan fingerprint density at radius 2 is 1.75 bits per heavy atom. The SMILES string of the molecule is CCS(=O)(=O)c1ccc([C@@H](CO)c2cc(N3CC(c4ccc(C(F)(F)F)cc4)CC[C@H]3COCCF)ccc2C(N)=O)cc1. The second-order valence-electron chi connectivity index (χ2n) is 10.8. The first-order chi connectivity index (χ1) is 20.9. The maximum Gasteiger partial charge on any atom is 0.416 e. The van der Waals surface area contributed by atoms with Gasteiger partial charge < -0.3 is 20.5 Å². The normalized spacial score (nSPS) is 18.3. The Balaban J connectivity index is 1.72. The van der Waals surface area contributed by atoms with Crippen molar-refractivity contribution in [1.82, 2.24) is 0 Å². The number of alkyl halides is 4. The lowest BCUT2D eigenvalue weighted by Crippen LogP contribution is -2.45. The molecule has 1 fully saturated rings. The first-order valence-electron chi connectivity index (χ1n) is 14.3. The van der Waals surface area contributed by atoms with Crippen LogP contribution in [0.5, 0.6) is 0 Å². The van der Waals surface area contributed by atoms with Gasteiger partial charge in [-0.3, -0.25) is 4.79 Å². The molecule has 7 nitrogen and oxygen atoms in total. The van der Waals surface area contributed by atoms with Gasteiger partial charge >= 0.3 is 6.18 Å². The summed E-state index contributed by atoms with van der Waals surface area (Å²) < 4.78 is 82.4. The van der Waals surface area contributed by atoms with Crippen LogP contribution in [-0.2, 0) is 20.8 Å². The lowest BCUT2D eigenvalue weighted by molar-refractivity contribution is -0.137. The zero-order chi connectivity index (χ0) is 32.1. The molecular weight excluding hydrogens is 600 g/mol. The molecule has 0 aromatic heterocycles. The number of aliphatic hydroxyl groups is 1. The van der Waals surface area contributed by atoms with E-state index in [0.717, 1.165) is 17.7 Å². The Bertz CT molecular complexity index is 1530. The number of hydrogen-bond donors (Lipinski definition) is 2. The molecule has 238 valence electrons. The number of rotatable bonds is 12. The molecule has 4 rings (SSSR count). The maximum atomic E-state index is 13.2. The second kappa shape index (κ2) is 14.1. The highest BCUT2D eigenvalue weighted by atomic mass is 32.2. The lowest BCUT2D eigenvalue weighted by atomic mass is 9.85. The van der Waals surface area contributed by atoms with Crippen LogP contribution in [0.1, 0.15) is 64.2 Å². The van der Waals surface area contributed by atoms with Gasteiger partial charge in [0.25, 0.3) is 0 Å². The molecule has 12 heteroatoms. The highest BCUT2D eigenvalue weighted by molar-refractivity contribution is 7.91. The molecule has 3 aromatic carbocycles. The van der Waals surface area contributed by atoms with Gasteiger partial charge in [0.2, 0.25) is 5.91 Å². The van der Waals surface area contributed by atoms with E-state index < -0.39 is 46.7 Å². The number of carbonyl (C=O) groups is 1. The van der Waals surface area contributed by atoms with Gasteiger partial charge in [-0.05, 0) is 72.0 Å². The number of hydrogen-bond acceptors (Lipinski definition) is 6. The Hall–Kier alpha value is -3.48. The quantitative estimate of drug-likeness (QED) is 0.202. The molecule has 3 N–H and O–H groups in total. The third kappa shape index (κ3) is 7.59. The smallest absolute Gasteiger partial charge is 0.395 e. The number of aliphatic hydroxyl groups excluding tert-OH is 1. The van der Waals surface area contributed by atoms with Crippen LogP contribution in [0.3, 0.4) is 0 Å². The number of carbonyl (C=O) groups excluding carboxylic acids is 1. The molecule has 0 spiro atoms. The molecular formula is C32H36F4N2O5S. The Morgan fingerprint density at radius 1 is 1.07 bits per heavy atom. The topological polar surface area (TPSA) is 110 Å². The zero-order valence-electron chi connectivity index (χ0n) is 24.3. The van der Waals surface area contributed by atoms with E-state index in [1.54, 1.807) is 37.3 Å². The van der Waals surface area contributed by atoms with E-state index in [9.17, 15) is 35.9 Å². The molecule has 44 heavy (non-hydrogen) atoms. The molecule has 1 unspecified atom stereocenters. The van der Waals surface area contributed by atoms with Crippen molar-refractivity contribution < 1.29 is 40.6 Å². The maximum absolute atomic E-state index is 13.2. The van der Waals surface area contributed by atoms with Crippen molar-refractivity contribution in [1.29, 1.82) is 0 Å². The molecule has 1 aliphatic heterocycles. The molecule has 0 aliphatic carbocycles. The number of benzene rings is 3. The van der Waals surface area contributed by atoms with Crippen molar-refractivity contribution >= 4 is 21.4 Å². The van der Waals surface area contributed by atoms with Crippen LogP contribution in [0, 0.1) is 0 Å². The van der Waals surface area contributed by atoms with E-state index in [2.05, 4.69) is 0 Å². The summed E-state index contributed by atoms with van der Waals surface area (Å²) in [6, 6.07) is 16.0. The third-order valence-electron chi connectivity index (χ3n) is 8.16. The van der Waals surface area contributed by atoms with Crippen molar-refractivity contribution in [3.8, 4) is 0 Å². The first kappa shape index (κ1) is 33.4. The summed E-state index contributed by atoms with van der Waals surface area (Å²) in [5, 5.41) is 10.5. The number of piperidine rings is 1. The summed E-state index contributed by atoms with van der Waals surface area (Å²) in [5.41, 5.74) is 7.59. The standard InChI is InChI=1S/C32H36F4N2O5S/c1-2-44(41,42)27-12-6-22(7-13-27)30(19-39)29-17-25(11-14-28(29)31(37)40)38-18-23(5-10-26(38)20-43-16-15-33)21-3-8-24(9-4-21)32(34,35)36/h3-4,6-9,11-14,17,23,26,30,39H,2,5,10,15-16,18-20H2,1H3,(H2,37,40)/t23?,26-,30+/m0/s1. The van der Waals surface area contributed by atoms with Gasteiger partial charge in [0.1, 0.15) is 6.67 Å². The minimum absolute atomic E-state index is 0.0663. The molecule has 3 atom stereocenters. The van der Waals surface area contributed by atoms with E-state index in [0.29, 0.717) is 36.2 Å². The largest absolute Gasteiger partial charge is 0.416 e. The van der Waals surface area contributed by atoms with Gasteiger partial charge in [-0.1, -0.05) is 31.2 Å². The van der Waals surface area contributed by atoms with Gasteiger partial charge in [-0.25, -0.2) is 12.8 Å². The zero-order valence-corrected chi connectivity index (χ0v) is 25.1. The van der Waals surface area contributed by atoms with Crippen LogP contribution < -0.4 is 10.6 Å². The number of halogens is 4. The van der Waals surface area contributed by atoms with E-state index in [1.807, 2.05) is 4.90 Å². The number of primary amides is 1. The fourth-order valence-electron chi connectivity index (χ4n) is 5.71. The minimum Gasteiger partial charge on any atom is -0.395 e. The summed E-state index contributed by atoms with van der Waals surface area (Å²) >= 11 is 0. The molecule has 0 radical (unpaired) electrons. The molecule has 3 aromatic rings. The van der Waals surface area contributed by atoms with Crippen molar-refractivity contribution in [3.63, 3.8) is 0 Å². The van der Waals surface area contributed by atoms with Gasteiger partial charge in [-0.15, -0.1) is 0 Å². The fourth-order valence-corrected chi connectivity index (χ4v) is 6.59. The number of anilines is 1. The molecule has 1 aliphatic rings. The van der Waals surface area contributed by atoms with Crippen LogP contribution >= 0.6 is 0 Å². The number of nitrogens with two attached hydrogens (primary N) is 1. The Labute approximate surface area is 254 Å². The number of sulfone groups is 1. The molecule has 1 amide bonds. The third-order valence-corrected chi connectivity index (χ3v) is 9.91. The van der Waals surface area contributed by atoms with Crippen molar-refractivity contribution in [2.24, 2.45) is 5.73 Å². The van der Waals surface area contributed by atoms with Crippen LogP contribution in [0.15, 0.2) is 71.6 Å². The lowest BCUT2D eigenvalue weighted by Gasteiger charge is -2.42. The average Bonchev–Trinajstić information content (AvgIpc) is 3.01. The monoisotopic (exact) mass is 636 g/mol. The van der Waals surface area contributed by atoms with Crippen LogP contribution in [0.25, 0.3) is 0 Å². The molecule has 1 heterocycles. The van der Waals surface area contributed by atoms with Gasteiger partial charge in [0.05, 0.1) is 42.1 Å². The molecule has 1 saturated heterocycles. The highest BCUT2D eigenvalue weighted by Gasteiger charge is 2.33. The van der Waals surface area contributed by atoms with E-state index >= 15 is 0 Å². The van der Waals surface area contributed by atoms with E-state index in [-0.39, 0.29) is 41.4 Å². The summed E-state index contributed by atoms with van der Waals surface area (Å²) in [7, 11) is -3.44. The highest BCUT2D eigenvalue weighted by Crippen LogP contribution is 2.38. The second-order valence-corrected chi connectivity index (χ2v) is 13.1. The summed E-state index contributed by atoms with van der Waals surface area (Å²) in [5.74, 6) is -1.61. The molecule has 0 bridgehead atoms. The van der Waals surface area contributed by atoms with Gasteiger partial charge in [-0.2, -0.15) is 13.2 Å². The predicted molar refractivity (Wildman–Crippen MR) is 159 cm³/mol. The van der Waals surface area contributed by atoms with E-state index in [1.165, 1.54) is 24.3 Å². The number of ether oxygens (including phenoxy) is 1. The van der Waals surface area contributed by atoms with Crippen molar-refractivity contribution in [2.45, 2.75) is 48.7 Å². The van der Waals surface area contributed by atoms with Gasteiger partial charge in [0, 0.05) is 29.6 Å². The summed E-state index contributed by atoms with van der Waals surface area (Å²) in [6.45, 7) is 1.05. The van der Waals surface area contributed by atoms with Crippen molar-refractivity contribution in [3.05, 3.63) is 94.5 Å². The Morgan fingerprint density at radius 3 is 2.32 bits per heavy atom. The first-order valence-corrected chi connectivity index (χ1v) is 16.0. The van der Waals surface area contributed by atoms with Crippen LogP contribution in [-0.4, -0.2) is 64.3 Å². The number of amides is 1. The minimum atomic E-state index is -4.44. The number of nitrogens with zero attached hydrogens (tertiary/aromatic N) is 1. The predicted octanol–water partition coefficient (Wildman–Crippen LogP) is 5.46. The summed E-state index contributed by atoms with van der Waals surface area (Å²) in [4.78, 5) is 14.6. The van der Waals surface area contributed by atoms with Crippen molar-refractivity contribution in [2.75, 3.05) is 43.7 Å². The Kier molecular flexibility index (Phi) is 10.7. The van der Waals surface area contributed by atoms with Crippen LogP contribution in [0.4, 0.5) is 23.2 Å². The molecule has 0 saturated carbocycles. The fraction of sp³-hybridized carbons (Fsp3) is 0.406.